The Morgan fingerprint density at radius 1 is 1.28 bits per heavy atom. The molecule has 1 aromatic heterocycles. The first-order valence-electron chi connectivity index (χ1n) is 6.54. The fourth-order valence-corrected chi connectivity index (χ4v) is 2.07. The molecule has 18 heavy (non-hydrogen) atoms. The van der Waals surface area contributed by atoms with Gasteiger partial charge in [0.05, 0.1) is 5.69 Å². The minimum atomic E-state index is -0.0360. The van der Waals surface area contributed by atoms with Gasteiger partial charge in [0.2, 0.25) is 0 Å². The molecular weight excluding hydrogens is 226 g/mol. The number of rotatable bonds is 6. The zero-order valence-electron chi connectivity index (χ0n) is 12.3. The highest BCUT2D eigenvalue weighted by Gasteiger charge is 2.20. The third-order valence-corrected chi connectivity index (χ3v) is 2.94. The zero-order chi connectivity index (χ0) is 13.7. The van der Waals surface area contributed by atoms with E-state index < -0.39 is 0 Å². The van der Waals surface area contributed by atoms with Crippen molar-refractivity contribution in [2.24, 2.45) is 5.92 Å². The lowest BCUT2D eigenvalue weighted by Gasteiger charge is -2.20. The third kappa shape index (κ3) is 3.50. The SMILES string of the molecule is CNCc1cnc(C(OC)C(C)C)nc1C(C)C. The Kier molecular flexibility index (Phi) is 5.69. The molecule has 1 N–H and O–H groups in total. The van der Waals surface area contributed by atoms with Gasteiger partial charge in [-0.1, -0.05) is 27.7 Å². The molecule has 4 nitrogen and oxygen atoms in total. The number of hydrogen-bond donors (Lipinski definition) is 1. The van der Waals surface area contributed by atoms with E-state index in [1.807, 2.05) is 13.2 Å². The van der Waals surface area contributed by atoms with Crippen molar-refractivity contribution in [3.05, 3.63) is 23.3 Å². The molecule has 1 rings (SSSR count). The van der Waals surface area contributed by atoms with Crippen molar-refractivity contribution in [3.8, 4) is 0 Å². The predicted molar refractivity (Wildman–Crippen MR) is 73.5 cm³/mol. The molecule has 0 amide bonds. The smallest absolute Gasteiger partial charge is 0.157 e. The van der Waals surface area contributed by atoms with Gasteiger partial charge in [-0.3, -0.25) is 0 Å². The largest absolute Gasteiger partial charge is 0.373 e. The van der Waals surface area contributed by atoms with Gasteiger partial charge in [0.1, 0.15) is 6.10 Å². The lowest BCUT2D eigenvalue weighted by molar-refractivity contribution is 0.0571. The van der Waals surface area contributed by atoms with E-state index in [-0.39, 0.29) is 6.10 Å². The second-order valence-electron chi connectivity index (χ2n) is 5.22. The normalized spacial score (nSPS) is 13.3. The highest BCUT2D eigenvalue weighted by molar-refractivity contribution is 5.21. The van der Waals surface area contributed by atoms with Crippen LogP contribution in [0.2, 0.25) is 0 Å². The average molecular weight is 251 g/mol. The summed E-state index contributed by atoms with van der Waals surface area (Å²) < 4.78 is 5.49. The van der Waals surface area contributed by atoms with Gasteiger partial charge in [-0.2, -0.15) is 0 Å². The number of methoxy groups -OCH3 is 1. The second kappa shape index (κ2) is 6.81. The Labute approximate surface area is 110 Å². The minimum Gasteiger partial charge on any atom is -0.373 e. The van der Waals surface area contributed by atoms with Crippen molar-refractivity contribution in [2.45, 2.75) is 46.3 Å². The second-order valence-corrected chi connectivity index (χ2v) is 5.22. The van der Waals surface area contributed by atoms with Crippen LogP contribution in [-0.2, 0) is 11.3 Å². The first-order chi connectivity index (χ1) is 8.51. The summed E-state index contributed by atoms with van der Waals surface area (Å²) in [5.74, 6) is 1.54. The number of nitrogens with one attached hydrogen (secondary N) is 1. The van der Waals surface area contributed by atoms with Crippen LogP contribution < -0.4 is 5.32 Å². The van der Waals surface area contributed by atoms with E-state index in [1.165, 1.54) is 0 Å². The maximum Gasteiger partial charge on any atom is 0.157 e. The summed E-state index contributed by atoms with van der Waals surface area (Å²) in [4.78, 5) is 9.16. The predicted octanol–water partition coefficient (Wildman–Crippen LogP) is 2.66. The molecule has 0 saturated carbocycles. The van der Waals surface area contributed by atoms with Crippen LogP contribution in [0, 0.1) is 5.92 Å². The summed E-state index contributed by atoms with van der Waals surface area (Å²) in [6, 6.07) is 0. The average Bonchev–Trinajstić information content (AvgIpc) is 2.31. The van der Waals surface area contributed by atoms with Gasteiger partial charge in [0.15, 0.2) is 5.82 Å². The van der Waals surface area contributed by atoms with Gasteiger partial charge in [0, 0.05) is 25.4 Å². The van der Waals surface area contributed by atoms with Crippen molar-refractivity contribution in [1.82, 2.24) is 15.3 Å². The molecule has 0 spiro atoms. The van der Waals surface area contributed by atoms with Crippen LogP contribution in [0.5, 0.6) is 0 Å². The molecule has 0 aliphatic rings. The fraction of sp³-hybridized carbons (Fsp3) is 0.714. The number of hydrogen-bond acceptors (Lipinski definition) is 4. The molecule has 1 heterocycles. The maximum atomic E-state index is 5.49. The summed E-state index contributed by atoms with van der Waals surface area (Å²) in [6.07, 6.45) is 1.88. The van der Waals surface area contributed by atoms with E-state index in [0.717, 1.165) is 23.6 Å². The fourth-order valence-electron chi connectivity index (χ4n) is 2.07. The highest BCUT2D eigenvalue weighted by Crippen LogP contribution is 2.24. The highest BCUT2D eigenvalue weighted by atomic mass is 16.5. The van der Waals surface area contributed by atoms with E-state index in [1.54, 1.807) is 7.11 Å². The van der Waals surface area contributed by atoms with Crippen molar-refractivity contribution in [3.63, 3.8) is 0 Å². The van der Waals surface area contributed by atoms with E-state index in [9.17, 15) is 0 Å². The summed E-state index contributed by atoms with van der Waals surface area (Å²) >= 11 is 0. The Morgan fingerprint density at radius 2 is 1.94 bits per heavy atom. The van der Waals surface area contributed by atoms with E-state index in [0.29, 0.717) is 11.8 Å². The van der Waals surface area contributed by atoms with Gasteiger partial charge in [0.25, 0.3) is 0 Å². The van der Waals surface area contributed by atoms with E-state index in [4.69, 9.17) is 9.72 Å². The Hall–Kier alpha value is -1.00. The van der Waals surface area contributed by atoms with Crippen LogP contribution in [0.25, 0.3) is 0 Å². The molecule has 0 aromatic carbocycles. The van der Waals surface area contributed by atoms with Gasteiger partial charge < -0.3 is 10.1 Å². The van der Waals surface area contributed by atoms with Crippen LogP contribution >= 0.6 is 0 Å². The molecule has 102 valence electrons. The van der Waals surface area contributed by atoms with Crippen LogP contribution in [0.15, 0.2) is 6.20 Å². The number of nitrogens with zero attached hydrogens (tertiary/aromatic N) is 2. The van der Waals surface area contributed by atoms with Crippen LogP contribution in [0.4, 0.5) is 0 Å². The van der Waals surface area contributed by atoms with Gasteiger partial charge in [-0.25, -0.2) is 9.97 Å². The van der Waals surface area contributed by atoms with Gasteiger partial charge in [-0.15, -0.1) is 0 Å². The van der Waals surface area contributed by atoms with Crippen molar-refractivity contribution in [1.29, 1.82) is 0 Å². The molecule has 1 aromatic rings. The zero-order valence-corrected chi connectivity index (χ0v) is 12.3. The van der Waals surface area contributed by atoms with Crippen LogP contribution in [-0.4, -0.2) is 24.1 Å². The molecule has 1 unspecified atom stereocenters. The molecule has 0 aliphatic carbocycles. The molecule has 0 bridgehead atoms. The molecular formula is C14H25N3O. The first kappa shape index (κ1) is 15.1. The molecule has 0 fully saturated rings. The Bertz CT molecular complexity index is 377. The Balaban J connectivity index is 3.13. The summed E-state index contributed by atoms with van der Waals surface area (Å²) in [5, 5.41) is 3.15. The molecule has 0 saturated heterocycles. The number of aromatic nitrogens is 2. The standard InChI is InChI=1S/C14H25N3O/c1-9(2)12-11(7-15-5)8-16-14(17-12)13(18-6)10(3)4/h8-10,13,15H,7H2,1-6H3. The van der Waals surface area contributed by atoms with E-state index in [2.05, 4.69) is 38.0 Å². The molecule has 0 aliphatic heterocycles. The summed E-state index contributed by atoms with van der Waals surface area (Å²) in [7, 11) is 3.65. The quantitative estimate of drug-likeness (QED) is 0.844. The van der Waals surface area contributed by atoms with Crippen LogP contribution in [0.1, 0.15) is 56.8 Å². The third-order valence-electron chi connectivity index (χ3n) is 2.94. The topological polar surface area (TPSA) is 47.0 Å². The number of ether oxygens (including phenoxy) is 1. The molecule has 1 atom stereocenters. The van der Waals surface area contributed by atoms with Crippen molar-refractivity contribution >= 4 is 0 Å². The molecule has 4 heteroatoms. The summed E-state index contributed by atoms with van der Waals surface area (Å²) in [6.45, 7) is 9.35. The molecule has 0 radical (unpaired) electrons. The van der Waals surface area contributed by atoms with Crippen molar-refractivity contribution in [2.75, 3.05) is 14.2 Å². The summed E-state index contributed by atoms with van der Waals surface area (Å²) in [5.41, 5.74) is 2.27. The van der Waals surface area contributed by atoms with E-state index >= 15 is 0 Å². The lowest BCUT2D eigenvalue weighted by atomic mass is 10.0. The minimum absolute atomic E-state index is 0.0360. The van der Waals surface area contributed by atoms with Crippen LogP contribution in [0.3, 0.4) is 0 Å². The lowest BCUT2D eigenvalue weighted by Crippen LogP contribution is -2.17. The maximum absolute atomic E-state index is 5.49. The monoisotopic (exact) mass is 251 g/mol. The first-order valence-corrected chi connectivity index (χ1v) is 6.54. The van der Waals surface area contributed by atoms with Gasteiger partial charge in [-0.05, 0) is 18.9 Å². The van der Waals surface area contributed by atoms with Gasteiger partial charge >= 0.3 is 0 Å². The van der Waals surface area contributed by atoms with Crippen molar-refractivity contribution < 1.29 is 4.74 Å². The Morgan fingerprint density at radius 3 is 2.39 bits per heavy atom.